The molecule has 0 aliphatic carbocycles. The molecule has 0 spiro atoms. The SMILES string of the molecule is COc1ccc(S(=O)(=O)CCC(=O)N(Cc2ccccn2)c2nc3c(C)cccc3s2)cc1. The van der Waals surface area contributed by atoms with Gasteiger partial charge in [-0.15, -0.1) is 0 Å². The number of hydrogen-bond donors (Lipinski definition) is 0. The number of carbonyl (C=O) groups is 1. The first-order valence-electron chi connectivity index (χ1n) is 10.3. The van der Waals surface area contributed by atoms with E-state index in [1.807, 2.05) is 37.3 Å². The van der Waals surface area contributed by atoms with Crippen LogP contribution >= 0.6 is 11.3 Å². The van der Waals surface area contributed by atoms with E-state index in [0.717, 1.165) is 15.8 Å². The van der Waals surface area contributed by atoms with Crippen molar-refractivity contribution >= 4 is 42.4 Å². The van der Waals surface area contributed by atoms with Gasteiger partial charge in [0.25, 0.3) is 0 Å². The van der Waals surface area contributed by atoms with Crippen molar-refractivity contribution < 1.29 is 17.9 Å². The van der Waals surface area contributed by atoms with Crippen LogP contribution < -0.4 is 9.64 Å². The number of hydrogen-bond acceptors (Lipinski definition) is 7. The van der Waals surface area contributed by atoms with Gasteiger partial charge in [-0.1, -0.05) is 29.5 Å². The third kappa shape index (κ3) is 5.20. The summed E-state index contributed by atoms with van der Waals surface area (Å²) in [7, 11) is -2.12. The third-order valence-electron chi connectivity index (χ3n) is 5.19. The lowest BCUT2D eigenvalue weighted by molar-refractivity contribution is -0.118. The average Bonchev–Trinajstić information content (AvgIpc) is 3.27. The summed E-state index contributed by atoms with van der Waals surface area (Å²) >= 11 is 1.40. The van der Waals surface area contributed by atoms with Gasteiger partial charge in [-0.3, -0.25) is 14.7 Å². The van der Waals surface area contributed by atoms with E-state index < -0.39 is 9.84 Å². The van der Waals surface area contributed by atoms with E-state index in [1.165, 1.54) is 35.5 Å². The summed E-state index contributed by atoms with van der Waals surface area (Å²) in [5, 5.41) is 0.525. The highest BCUT2D eigenvalue weighted by Gasteiger charge is 2.24. The molecule has 0 unspecified atom stereocenters. The number of benzene rings is 2. The summed E-state index contributed by atoms with van der Waals surface area (Å²) in [5.74, 6) is -0.0620. The number of ether oxygens (including phenoxy) is 1. The summed E-state index contributed by atoms with van der Waals surface area (Å²) in [6.45, 7) is 2.18. The number of fused-ring (bicyclic) bond motifs is 1. The van der Waals surface area contributed by atoms with Crippen LogP contribution in [0.3, 0.4) is 0 Å². The van der Waals surface area contributed by atoms with Crippen molar-refractivity contribution in [3.63, 3.8) is 0 Å². The van der Waals surface area contributed by atoms with Crippen LogP contribution in [-0.4, -0.2) is 37.2 Å². The fraction of sp³-hybridized carbons (Fsp3) is 0.208. The number of sulfone groups is 1. The minimum absolute atomic E-state index is 0.156. The number of aryl methyl sites for hydroxylation is 1. The lowest BCUT2D eigenvalue weighted by Crippen LogP contribution is -2.32. The fourth-order valence-electron chi connectivity index (χ4n) is 3.36. The number of rotatable bonds is 8. The second-order valence-corrected chi connectivity index (χ2v) is 10.6. The molecule has 0 fully saturated rings. The molecule has 0 saturated heterocycles. The molecule has 0 aliphatic heterocycles. The number of anilines is 1. The topological polar surface area (TPSA) is 89.5 Å². The van der Waals surface area contributed by atoms with Crippen molar-refractivity contribution in [2.24, 2.45) is 0 Å². The number of aromatic nitrogens is 2. The lowest BCUT2D eigenvalue weighted by atomic mass is 10.2. The maximum Gasteiger partial charge on any atom is 0.230 e. The van der Waals surface area contributed by atoms with Gasteiger partial charge < -0.3 is 4.74 Å². The predicted octanol–water partition coefficient (Wildman–Crippen LogP) is 4.41. The number of methoxy groups -OCH3 is 1. The largest absolute Gasteiger partial charge is 0.497 e. The van der Waals surface area contributed by atoms with Crippen molar-refractivity contribution in [3.8, 4) is 5.75 Å². The van der Waals surface area contributed by atoms with Gasteiger partial charge in [-0.05, 0) is 55.0 Å². The molecule has 7 nitrogen and oxygen atoms in total. The van der Waals surface area contributed by atoms with Gasteiger partial charge in [0.15, 0.2) is 15.0 Å². The number of amides is 1. The van der Waals surface area contributed by atoms with Crippen LogP contribution in [0.5, 0.6) is 5.75 Å². The summed E-state index contributed by atoms with van der Waals surface area (Å²) in [4.78, 5) is 24.0. The first-order chi connectivity index (χ1) is 15.9. The van der Waals surface area contributed by atoms with E-state index in [9.17, 15) is 13.2 Å². The van der Waals surface area contributed by atoms with Gasteiger partial charge in [0.05, 0.1) is 40.2 Å². The number of pyridine rings is 1. The molecule has 4 rings (SSSR count). The molecule has 0 atom stereocenters. The van der Waals surface area contributed by atoms with Crippen LogP contribution in [0.1, 0.15) is 17.7 Å². The normalized spacial score (nSPS) is 11.5. The molecule has 0 aliphatic rings. The highest BCUT2D eigenvalue weighted by molar-refractivity contribution is 7.91. The molecule has 9 heteroatoms. The predicted molar refractivity (Wildman–Crippen MR) is 129 cm³/mol. The standard InChI is InChI=1S/C24H23N3O4S2/c1-17-6-5-8-21-23(17)26-24(32-21)27(16-18-7-3-4-14-25-18)22(28)13-15-33(29,30)20-11-9-19(31-2)10-12-20/h3-12,14H,13,15-16H2,1-2H3. The highest BCUT2D eigenvalue weighted by Crippen LogP contribution is 2.32. The summed E-state index contributed by atoms with van der Waals surface area (Å²) in [6, 6.07) is 17.5. The van der Waals surface area contributed by atoms with Gasteiger partial charge in [-0.2, -0.15) is 0 Å². The lowest BCUT2D eigenvalue weighted by Gasteiger charge is -2.19. The molecular formula is C24H23N3O4S2. The van der Waals surface area contributed by atoms with E-state index in [2.05, 4.69) is 9.97 Å². The number of nitrogens with zero attached hydrogens (tertiary/aromatic N) is 3. The Balaban J connectivity index is 1.59. The molecule has 2 aromatic heterocycles. The Bertz CT molecular complexity index is 1370. The minimum Gasteiger partial charge on any atom is -0.497 e. The Morgan fingerprint density at radius 3 is 2.52 bits per heavy atom. The summed E-state index contributed by atoms with van der Waals surface area (Å²) in [5.41, 5.74) is 2.55. The van der Waals surface area contributed by atoms with Crippen LogP contribution in [-0.2, 0) is 21.2 Å². The van der Waals surface area contributed by atoms with Crippen LogP contribution in [0.25, 0.3) is 10.2 Å². The molecular weight excluding hydrogens is 458 g/mol. The Kier molecular flexibility index (Phi) is 6.71. The van der Waals surface area contributed by atoms with E-state index in [-0.39, 0.29) is 29.5 Å². The van der Waals surface area contributed by atoms with Gasteiger partial charge in [-0.25, -0.2) is 13.4 Å². The summed E-state index contributed by atoms with van der Waals surface area (Å²) in [6.07, 6.45) is 1.49. The van der Waals surface area contributed by atoms with E-state index >= 15 is 0 Å². The molecule has 4 aromatic rings. The zero-order valence-corrected chi connectivity index (χ0v) is 19.9. The third-order valence-corrected chi connectivity index (χ3v) is 7.97. The highest BCUT2D eigenvalue weighted by atomic mass is 32.2. The van der Waals surface area contributed by atoms with Gasteiger partial charge in [0.2, 0.25) is 5.91 Å². The Morgan fingerprint density at radius 1 is 1.06 bits per heavy atom. The zero-order valence-electron chi connectivity index (χ0n) is 18.3. The van der Waals surface area contributed by atoms with Crippen molar-refractivity contribution in [2.75, 3.05) is 17.8 Å². The number of para-hydroxylation sites is 1. The molecule has 170 valence electrons. The van der Waals surface area contributed by atoms with E-state index in [4.69, 9.17) is 4.74 Å². The van der Waals surface area contributed by atoms with Gasteiger partial charge >= 0.3 is 0 Å². The fourth-order valence-corrected chi connectivity index (χ4v) is 5.65. The first kappa shape index (κ1) is 22.9. The maximum atomic E-state index is 13.3. The Labute approximate surface area is 196 Å². The van der Waals surface area contributed by atoms with E-state index in [1.54, 1.807) is 24.4 Å². The second kappa shape index (κ2) is 9.68. The van der Waals surface area contributed by atoms with Gasteiger partial charge in [0.1, 0.15) is 5.75 Å². The molecule has 0 radical (unpaired) electrons. The van der Waals surface area contributed by atoms with Crippen molar-refractivity contribution in [1.82, 2.24) is 9.97 Å². The van der Waals surface area contributed by atoms with Crippen LogP contribution in [0.15, 0.2) is 71.8 Å². The smallest absolute Gasteiger partial charge is 0.230 e. The summed E-state index contributed by atoms with van der Waals surface area (Å²) < 4.78 is 31.7. The number of carbonyl (C=O) groups excluding carboxylic acids is 1. The minimum atomic E-state index is -3.64. The second-order valence-electron chi connectivity index (χ2n) is 7.46. The molecule has 0 N–H and O–H groups in total. The van der Waals surface area contributed by atoms with Gasteiger partial charge in [0, 0.05) is 12.6 Å². The maximum absolute atomic E-state index is 13.3. The van der Waals surface area contributed by atoms with E-state index in [0.29, 0.717) is 16.6 Å². The zero-order chi connectivity index (χ0) is 23.4. The van der Waals surface area contributed by atoms with Crippen molar-refractivity contribution in [3.05, 3.63) is 78.1 Å². The average molecular weight is 482 g/mol. The molecule has 0 saturated carbocycles. The monoisotopic (exact) mass is 481 g/mol. The Hall–Kier alpha value is -3.30. The van der Waals surface area contributed by atoms with Crippen LogP contribution in [0, 0.1) is 6.92 Å². The molecule has 33 heavy (non-hydrogen) atoms. The number of thiazole rings is 1. The van der Waals surface area contributed by atoms with Crippen molar-refractivity contribution in [1.29, 1.82) is 0 Å². The van der Waals surface area contributed by atoms with Crippen LogP contribution in [0.2, 0.25) is 0 Å². The van der Waals surface area contributed by atoms with Crippen LogP contribution in [0.4, 0.5) is 5.13 Å². The molecule has 2 aromatic carbocycles. The molecule has 1 amide bonds. The first-order valence-corrected chi connectivity index (χ1v) is 12.8. The quantitative estimate of drug-likeness (QED) is 0.370. The van der Waals surface area contributed by atoms with Crippen molar-refractivity contribution in [2.45, 2.75) is 24.8 Å². The Morgan fingerprint density at radius 2 is 1.85 bits per heavy atom. The molecule has 2 heterocycles. The molecule has 0 bridgehead atoms.